The highest BCUT2D eigenvalue weighted by atomic mass is 19.1. The Bertz CT molecular complexity index is 829. The van der Waals surface area contributed by atoms with E-state index in [1.165, 1.54) is 17.0 Å². The summed E-state index contributed by atoms with van der Waals surface area (Å²) in [7, 11) is 0. The second-order valence-corrected chi connectivity index (χ2v) is 5.25. The molecule has 0 aliphatic carbocycles. The molecule has 0 unspecified atom stereocenters. The van der Waals surface area contributed by atoms with Crippen LogP contribution in [0, 0.1) is 5.82 Å². The van der Waals surface area contributed by atoms with Crippen molar-refractivity contribution in [2.45, 2.75) is 19.8 Å². The highest BCUT2D eigenvalue weighted by molar-refractivity contribution is 5.69. The number of rotatable bonds is 5. The van der Waals surface area contributed by atoms with Gasteiger partial charge in [0.1, 0.15) is 5.82 Å². The van der Waals surface area contributed by atoms with E-state index in [0.717, 1.165) is 11.1 Å². The van der Waals surface area contributed by atoms with Gasteiger partial charge in [0.15, 0.2) is 0 Å². The number of carbonyl (C=O) groups is 1. The first-order valence-corrected chi connectivity index (χ1v) is 7.60. The minimum Gasteiger partial charge on any atom is -0.319 e. The summed E-state index contributed by atoms with van der Waals surface area (Å²) in [5.74, 6) is -0.665. The van der Waals surface area contributed by atoms with Gasteiger partial charge in [-0.2, -0.15) is 0 Å². The minimum atomic E-state index is -0.375. The molecule has 2 aromatic heterocycles. The van der Waals surface area contributed by atoms with E-state index in [4.69, 9.17) is 4.84 Å². The standard InChI is InChI=1S/C18H16FN3O2/c1-2-18(23)24-22-16(11-13-3-5-15(19)6-4-13)12-17(21-22)14-7-9-20-10-8-14/h3-10,12H,2,11H2,1H3. The Morgan fingerprint density at radius 3 is 2.54 bits per heavy atom. The molecule has 0 bridgehead atoms. The minimum absolute atomic E-state index is 0.250. The number of carbonyl (C=O) groups excluding carboxylic acids is 1. The van der Waals surface area contributed by atoms with Crippen LogP contribution in [0.4, 0.5) is 4.39 Å². The Hall–Kier alpha value is -3.02. The number of hydrogen-bond acceptors (Lipinski definition) is 4. The van der Waals surface area contributed by atoms with Gasteiger partial charge in [-0.05, 0) is 35.9 Å². The summed E-state index contributed by atoms with van der Waals surface area (Å²) in [6.45, 7) is 1.72. The molecule has 0 spiro atoms. The van der Waals surface area contributed by atoms with Gasteiger partial charge in [0.25, 0.3) is 0 Å². The lowest BCUT2D eigenvalue weighted by Crippen LogP contribution is -2.22. The lowest BCUT2D eigenvalue weighted by atomic mass is 10.1. The van der Waals surface area contributed by atoms with Crippen LogP contribution < -0.4 is 4.84 Å². The van der Waals surface area contributed by atoms with Gasteiger partial charge in [-0.25, -0.2) is 9.18 Å². The molecular formula is C18H16FN3O2. The molecule has 0 fully saturated rings. The van der Waals surface area contributed by atoms with Crippen LogP contribution in [-0.2, 0) is 11.2 Å². The van der Waals surface area contributed by atoms with Crippen molar-refractivity contribution >= 4 is 5.97 Å². The maximum Gasteiger partial charge on any atom is 0.334 e. The Balaban J connectivity index is 1.94. The third-order valence-electron chi connectivity index (χ3n) is 3.50. The van der Waals surface area contributed by atoms with Crippen LogP contribution >= 0.6 is 0 Å². The zero-order chi connectivity index (χ0) is 16.9. The number of halogens is 1. The maximum atomic E-state index is 13.1. The summed E-state index contributed by atoms with van der Waals surface area (Å²) < 4.78 is 13.1. The average molecular weight is 325 g/mol. The molecule has 3 rings (SSSR count). The summed E-state index contributed by atoms with van der Waals surface area (Å²) in [6.07, 6.45) is 4.06. The third-order valence-corrected chi connectivity index (χ3v) is 3.50. The van der Waals surface area contributed by atoms with E-state index in [0.29, 0.717) is 17.8 Å². The molecule has 0 saturated heterocycles. The number of nitrogens with zero attached hydrogens (tertiary/aromatic N) is 3. The summed E-state index contributed by atoms with van der Waals surface area (Å²) in [5, 5.41) is 4.35. The zero-order valence-electron chi connectivity index (χ0n) is 13.1. The molecule has 0 aliphatic rings. The monoisotopic (exact) mass is 325 g/mol. The first kappa shape index (κ1) is 15.9. The van der Waals surface area contributed by atoms with Crippen LogP contribution in [0.5, 0.6) is 0 Å². The number of benzene rings is 1. The highest BCUT2D eigenvalue weighted by Gasteiger charge is 2.14. The van der Waals surface area contributed by atoms with Crippen molar-refractivity contribution in [3.63, 3.8) is 0 Å². The molecule has 0 atom stereocenters. The fourth-order valence-electron chi connectivity index (χ4n) is 2.24. The van der Waals surface area contributed by atoms with Crippen molar-refractivity contribution in [2.75, 3.05) is 0 Å². The van der Waals surface area contributed by atoms with Crippen molar-refractivity contribution in [1.29, 1.82) is 0 Å². The van der Waals surface area contributed by atoms with E-state index in [1.807, 2.05) is 18.2 Å². The van der Waals surface area contributed by atoms with Crippen molar-refractivity contribution in [2.24, 2.45) is 0 Å². The van der Waals surface area contributed by atoms with E-state index >= 15 is 0 Å². The second kappa shape index (κ2) is 7.04. The zero-order valence-corrected chi connectivity index (χ0v) is 13.1. The molecule has 5 nitrogen and oxygen atoms in total. The van der Waals surface area contributed by atoms with Crippen molar-refractivity contribution in [3.05, 3.63) is 71.9 Å². The molecule has 0 saturated carbocycles. The van der Waals surface area contributed by atoms with Crippen LogP contribution in [0.3, 0.4) is 0 Å². The van der Waals surface area contributed by atoms with Gasteiger partial charge in [-0.3, -0.25) is 4.98 Å². The predicted octanol–water partition coefficient (Wildman–Crippen LogP) is 3.04. The number of pyridine rings is 1. The van der Waals surface area contributed by atoms with Crippen LogP contribution in [0.15, 0.2) is 54.9 Å². The SMILES string of the molecule is CCC(=O)On1nc(-c2ccncc2)cc1Cc1ccc(F)cc1. The van der Waals surface area contributed by atoms with Gasteiger partial charge in [-0.15, -0.1) is 5.10 Å². The van der Waals surface area contributed by atoms with Gasteiger partial charge in [-0.1, -0.05) is 23.9 Å². The van der Waals surface area contributed by atoms with Crippen LogP contribution in [0.25, 0.3) is 11.3 Å². The Morgan fingerprint density at radius 1 is 1.17 bits per heavy atom. The van der Waals surface area contributed by atoms with Crippen molar-refractivity contribution < 1.29 is 14.0 Å². The fraction of sp³-hybridized carbons (Fsp3) is 0.167. The van der Waals surface area contributed by atoms with Gasteiger partial charge in [0, 0.05) is 30.8 Å². The molecule has 6 heteroatoms. The highest BCUT2D eigenvalue weighted by Crippen LogP contribution is 2.20. The summed E-state index contributed by atoms with van der Waals surface area (Å²) >= 11 is 0. The van der Waals surface area contributed by atoms with Crippen molar-refractivity contribution in [3.8, 4) is 11.3 Å². The molecule has 1 aromatic carbocycles. The average Bonchev–Trinajstić information content (AvgIpc) is 3.00. The first-order valence-electron chi connectivity index (χ1n) is 7.60. The molecule has 2 heterocycles. The molecule has 0 amide bonds. The summed E-state index contributed by atoms with van der Waals surface area (Å²) in [4.78, 5) is 22.1. The Morgan fingerprint density at radius 2 is 1.88 bits per heavy atom. The maximum absolute atomic E-state index is 13.1. The van der Waals surface area contributed by atoms with Crippen LogP contribution in [0.1, 0.15) is 24.6 Å². The smallest absolute Gasteiger partial charge is 0.319 e. The summed E-state index contributed by atoms with van der Waals surface area (Å²) in [5.41, 5.74) is 3.15. The molecule has 0 aliphatic heterocycles. The van der Waals surface area contributed by atoms with E-state index in [9.17, 15) is 9.18 Å². The largest absolute Gasteiger partial charge is 0.334 e. The molecule has 3 aromatic rings. The number of aromatic nitrogens is 3. The predicted molar refractivity (Wildman–Crippen MR) is 86.5 cm³/mol. The summed E-state index contributed by atoms with van der Waals surface area (Å²) in [6, 6.07) is 11.7. The fourth-order valence-corrected chi connectivity index (χ4v) is 2.24. The quantitative estimate of drug-likeness (QED) is 0.723. The van der Waals surface area contributed by atoms with E-state index in [1.54, 1.807) is 31.5 Å². The molecule has 122 valence electrons. The van der Waals surface area contributed by atoms with E-state index < -0.39 is 0 Å². The van der Waals surface area contributed by atoms with E-state index in [-0.39, 0.29) is 18.2 Å². The Labute approximate surface area is 138 Å². The van der Waals surface area contributed by atoms with Crippen molar-refractivity contribution in [1.82, 2.24) is 14.9 Å². The number of hydrogen-bond donors (Lipinski definition) is 0. The molecule has 0 radical (unpaired) electrons. The Kier molecular flexibility index (Phi) is 4.65. The normalized spacial score (nSPS) is 10.6. The van der Waals surface area contributed by atoms with Crippen LogP contribution in [0.2, 0.25) is 0 Å². The van der Waals surface area contributed by atoms with Gasteiger partial charge in [0.2, 0.25) is 0 Å². The lowest BCUT2D eigenvalue weighted by molar-refractivity contribution is -0.145. The second-order valence-electron chi connectivity index (χ2n) is 5.25. The van der Waals surface area contributed by atoms with Gasteiger partial charge >= 0.3 is 5.97 Å². The van der Waals surface area contributed by atoms with Crippen LogP contribution in [-0.4, -0.2) is 20.9 Å². The molecular weight excluding hydrogens is 309 g/mol. The van der Waals surface area contributed by atoms with Gasteiger partial charge in [0.05, 0.1) is 11.4 Å². The third kappa shape index (κ3) is 3.65. The first-order chi connectivity index (χ1) is 11.7. The van der Waals surface area contributed by atoms with Gasteiger partial charge < -0.3 is 4.84 Å². The topological polar surface area (TPSA) is 57.0 Å². The molecule has 24 heavy (non-hydrogen) atoms. The lowest BCUT2D eigenvalue weighted by Gasteiger charge is -2.06. The van der Waals surface area contributed by atoms with E-state index in [2.05, 4.69) is 10.1 Å². The molecule has 0 N–H and O–H groups in total.